The molecule has 0 heterocycles. The van der Waals surface area contributed by atoms with Crippen LogP contribution >= 0.6 is 11.6 Å². The van der Waals surface area contributed by atoms with E-state index in [2.05, 4.69) is 0 Å². The third kappa shape index (κ3) is 3.10. The first-order valence-corrected chi connectivity index (χ1v) is 4.38. The maximum Gasteiger partial charge on any atom is 0.240 e. The van der Waals surface area contributed by atoms with E-state index < -0.39 is 5.38 Å². The van der Waals surface area contributed by atoms with Gasteiger partial charge in [0.2, 0.25) is 5.91 Å². The van der Waals surface area contributed by atoms with E-state index in [1.165, 1.54) is 0 Å². The molecule has 0 rings (SSSR count). The van der Waals surface area contributed by atoms with E-state index in [-0.39, 0.29) is 11.9 Å². The third-order valence-corrected chi connectivity index (χ3v) is 1.77. The molecule has 0 N–H and O–H groups in total. The lowest BCUT2D eigenvalue weighted by atomic mass is 10.3. The van der Waals surface area contributed by atoms with E-state index in [0.29, 0.717) is 0 Å². The van der Waals surface area contributed by atoms with Crippen LogP contribution in [0.5, 0.6) is 0 Å². The Balaban J connectivity index is 4.15. The number of alkyl halides is 1. The molecule has 1 amide bonds. The fraction of sp³-hybridized carbons (Fsp3) is 0.875. The van der Waals surface area contributed by atoms with Crippen LogP contribution in [-0.2, 0) is 4.79 Å². The second-order valence-electron chi connectivity index (χ2n) is 2.83. The van der Waals surface area contributed by atoms with Crippen LogP contribution in [0.15, 0.2) is 0 Å². The van der Waals surface area contributed by atoms with Crippen molar-refractivity contribution >= 4 is 17.5 Å². The highest BCUT2D eigenvalue weighted by atomic mass is 35.5. The van der Waals surface area contributed by atoms with Crippen molar-refractivity contribution < 1.29 is 4.79 Å². The molecule has 0 saturated carbocycles. The molecule has 0 radical (unpaired) electrons. The van der Waals surface area contributed by atoms with E-state index in [1.807, 2.05) is 20.8 Å². The Kier molecular flexibility index (Phi) is 4.50. The molecular weight excluding hydrogens is 162 g/mol. The lowest BCUT2D eigenvalue weighted by Gasteiger charge is -2.26. The number of halogens is 1. The van der Waals surface area contributed by atoms with Gasteiger partial charge >= 0.3 is 0 Å². The van der Waals surface area contributed by atoms with E-state index in [4.69, 9.17) is 11.6 Å². The van der Waals surface area contributed by atoms with Crippen molar-refractivity contribution in [3.8, 4) is 0 Å². The smallest absolute Gasteiger partial charge is 0.240 e. The molecule has 0 bridgehead atoms. The minimum atomic E-state index is -0.405. The molecule has 1 atom stereocenters. The van der Waals surface area contributed by atoms with Crippen molar-refractivity contribution in [3.05, 3.63) is 0 Å². The standard InChI is InChI=1S/C8H16ClNO/c1-5-10(6(2)3)8(11)7(4)9/h6-7H,5H2,1-4H3. The van der Waals surface area contributed by atoms with Gasteiger partial charge in [-0.25, -0.2) is 0 Å². The summed E-state index contributed by atoms with van der Waals surface area (Å²) >= 11 is 5.65. The van der Waals surface area contributed by atoms with E-state index in [1.54, 1.807) is 11.8 Å². The Morgan fingerprint density at radius 1 is 1.45 bits per heavy atom. The molecule has 0 aromatic heterocycles. The molecule has 0 fully saturated rings. The van der Waals surface area contributed by atoms with Crippen molar-refractivity contribution in [2.75, 3.05) is 6.54 Å². The normalized spacial score (nSPS) is 13.3. The number of carbonyl (C=O) groups excluding carboxylic acids is 1. The number of carbonyl (C=O) groups is 1. The SMILES string of the molecule is CCN(C(=O)C(C)Cl)C(C)C. The molecule has 0 aliphatic carbocycles. The van der Waals surface area contributed by atoms with Gasteiger partial charge in [-0.2, -0.15) is 0 Å². The molecular formula is C8H16ClNO. The molecule has 0 aromatic carbocycles. The molecule has 1 unspecified atom stereocenters. The molecule has 0 saturated heterocycles. The van der Waals surface area contributed by atoms with E-state index in [9.17, 15) is 4.79 Å². The average molecular weight is 178 g/mol. The summed E-state index contributed by atoms with van der Waals surface area (Å²) in [6, 6.07) is 0.244. The number of rotatable bonds is 3. The summed E-state index contributed by atoms with van der Waals surface area (Å²) in [5.74, 6) is 0.0177. The maximum atomic E-state index is 11.3. The van der Waals surface area contributed by atoms with Crippen molar-refractivity contribution in [2.24, 2.45) is 0 Å². The van der Waals surface area contributed by atoms with Crippen LogP contribution in [0.2, 0.25) is 0 Å². The zero-order chi connectivity index (χ0) is 9.02. The quantitative estimate of drug-likeness (QED) is 0.603. The zero-order valence-electron chi connectivity index (χ0n) is 7.60. The summed E-state index contributed by atoms with van der Waals surface area (Å²) in [7, 11) is 0. The number of nitrogens with zero attached hydrogens (tertiary/aromatic N) is 1. The van der Waals surface area contributed by atoms with Gasteiger partial charge in [0, 0.05) is 12.6 Å². The Bertz CT molecular complexity index is 134. The summed E-state index contributed by atoms with van der Waals surface area (Å²) in [6.45, 7) is 8.36. The summed E-state index contributed by atoms with van der Waals surface area (Å²) in [6.07, 6.45) is 0. The highest BCUT2D eigenvalue weighted by Crippen LogP contribution is 2.05. The second kappa shape index (κ2) is 4.60. The maximum absolute atomic E-state index is 11.3. The summed E-state index contributed by atoms with van der Waals surface area (Å²) in [5.41, 5.74) is 0. The minimum Gasteiger partial charge on any atom is -0.339 e. The number of hydrogen-bond acceptors (Lipinski definition) is 1. The summed E-state index contributed by atoms with van der Waals surface area (Å²) < 4.78 is 0. The third-order valence-electron chi connectivity index (χ3n) is 1.59. The molecule has 11 heavy (non-hydrogen) atoms. The van der Waals surface area contributed by atoms with E-state index >= 15 is 0 Å². The predicted octanol–water partition coefficient (Wildman–Crippen LogP) is 1.87. The van der Waals surface area contributed by atoms with Gasteiger partial charge in [-0.15, -0.1) is 11.6 Å². The van der Waals surface area contributed by atoms with Gasteiger partial charge in [-0.3, -0.25) is 4.79 Å². The lowest BCUT2D eigenvalue weighted by Crippen LogP contribution is -2.40. The predicted molar refractivity (Wildman–Crippen MR) is 47.8 cm³/mol. The Hall–Kier alpha value is -0.240. The first kappa shape index (κ1) is 10.8. The van der Waals surface area contributed by atoms with Gasteiger partial charge in [-0.1, -0.05) is 0 Å². The highest BCUT2D eigenvalue weighted by molar-refractivity contribution is 6.30. The number of amides is 1. The summed E-state index contributed by atoms with van der Waals surface area (Å²) in [4.78, 5) is 13.1. The Morgan fingerprint density at radius 2 is 1.91 bits per heavy atom. The van der Waals surface area contributed by atoms with Crippen LogP contribution in [0.25, 0.3) is 0 Å². The van der Waals surface area contributed by atoms with Gasteiger partial charge in [0.15, 0.2) is 0 Å². The first-order valence-electron chi connectivity index (χ1n) is 3.95. The van der Waals surface area contributed by atoms with Gasteiger partial charge < -0.3 is 4.90 Å². The highest BCUT2D eigenvalue weighted by Gasteiger charge is 2.18. The van der Waals surface area contributed by atoms with Gasteiger partial charge in [0.05, 0.1) is 0 Å². The van der Waals surface area contributed by atoms with Crippen molar-refractivity contribution in [3.63, 3.8) is 0 Å². The monoisotopic (exact) mass is 177 g/mol. The van der Waals surface area contributed by atoms with Crippen molar-refractivity contribution in [1.29, 1.82) is 0 Å². The van der Waals surface area contributed by atoms with Crippen LogP contribution in [0, 0.1) is 0 Å². The van der Waals surface area contributed by atoms with E-state index in [0.717, 1.165) is 6.54 Å². The minimum absolute atomic E-state index is 0.0177. The second-order valence-corrected chi connectivity index (χ2v) is 3.49. The Labute approximate surface area is 73.5 Å². The molecule has 0 aliphatic heterocycles. The molecule has 3 heteroatoms. The molecule has 0 spiro atoms. The topological polar surface area (TPSA) is 20.3 Å². The number of hydrogen-bond donors (Lipinski definition) is 0. The largest absolute Gasteiger partial charge is 0.339 e. The van der Waals surface area contributed by atoms with Crippen LogP contribution in [0.1, 0.15) is 27.7 Å². The van der Waals surface area contributed by atoms with Crippen LogP contribution in [-0.4, -0.2) is 28.8 Å². The zero-order valence-corrected chi connectivity index (χ0v) is 8.35. The summed E-state index contributed by atoms with van der Waals surface area (Å²) in [5, 5.41) is -0.405. The molecule has 0 aromatic rings. The van der Waals surface area contributed by atoms with Crippen molar-refractivity contribution in [1.82, 2.24) is 4.90 Å². The average Bonchev–Trinajstić information content (AvgIpc) is 1.88. The fourth-order valence-electron chi connectivity index (χ4n) is 1.00. The van der Waals surface area contributed by atoms with Crippen LogP contribution < -0.4 is 0 Å². The fourth-order valence-corrected chi connectivity index (χ4v) is 1.13. The van der Waals surface area contributed by atoms with Crippen LogP contribution in [0.3, 0.4) is 0 Å². The van der Waals surface area contributed by atoms with Gasteiger partial charge in [0.1, 0.15) is 5.38 Å². The molecule has 2 nitrogen and oxygen atoms in total. The lowest BCUT2D eigenvalue weighted by molar-refractivity contribution is -0.131. The van der Waals surface area contributed by atoms with Crippen LogP contribution in [0.4, 0.5) is 0 Å². The Morgan fingerprint density at radius 3 is 2.00 bits per heavy atom. The van der Waals surface area contributed by atoms with Gasteiger partial charge in [-0.05, 0) is 27.7 Å². The van der Waals surface area contributed by atoms with Gasteiger partial charge in [0.25, 0.3) is 0 Å². The first-order chi connectivity index (χ1) is 5.00. The molecule has 0 aliphatic rings. The van der Waals surface area contributed by atoms with Crippen molar-refractivity contribution in [2.45, 2.75) is 39.1 Å². The molecule has 66 valence electrons.